The summed E-state index contributed by atoms with van der Waals surface area (Å²) in [5.41, 5.74) is 32.2. The maximum absolute atomic E-state index is 14.9. The van der Waals surface area contributed by atoms with Gasteiger partial charge in [0, 0.05) is 42.2 Å². The minimum absolute atomic E-state index is 0.0153. The highest BCUT2D eigenvalue weighted by Crippen LogP contribution is 2.32. The highest BCUT2D eigenvalue weighted by atomic mass is 16.2. The fourth-order valence-electron chi connectivity index (χ4n) is 7.85. The van der Waals surface area contributed by atoms with Gasteiger partial charge in [-0.25, -0.2) is 0 Å². The number of H-pyrrole nitrogens is 1. The molecular weight excluding hydrogens is 827 g/mol. The van der Waals surface area contributed by atoms with Crippen LogP contribution >= 0.6 is 0 Å². The third-order valence-corrected chi connectivity index (χ3v) is 12.1. The van der Waals surface area contributed by atoms with E-state index in [-0.39, 0.29) is 25.3 Å². The number of rotatable bonds is 22. The standard InChI is InChI=1S/C43H61N13O8/c1-5-22(3)36(46)42(63)51-30(17-34(44)57)39(60)50-31(18-35(45)58)40(61)52-37(23(4)6-2)43(64)55-20-25(32-21-56(54-53-32)26-11-7-8-12-26)16-33(55)41(62)49-29(38(47)59)15-24-19-48-28-14-10-9-13-27(24)28/h7,9-14,19,21-23,25,29-31,33,36-37,48,53-54H,5-6,8,15-18,20,46H2,1-4H3,(H2,44,57)(H2,45,58)(H2,47,59)(H,49,62)(H,50,60)(H,51,63)(H,52,61)/t22-,23-,25?,29-,30-,31-,33-,36-,37-/m0/s1. The predicted molar refractivity (Wildman–Crippen MR) is 235 cm³/mol. The maximum Gasteiger partial charge on any atom is 0.246 e. The van der Waals surface area contributed by atoms with Crippen molar-refractivity contribution in [2.45, 2.75) is 109 Å². The molecule has 2 aliphatic heterocycles. The molecular formula is C43H61N13O8. The third kappa shape index (κ3) is 11.8. The first-order valence-electron chi connectivity index (χ1n) is 21.5. The van der Waals surface area contributed by atoms with E-state index in [4.69, 9.17) is 22.9 Å². The Morgan fingerprint density at radius 1 is 0.828 bits per heavy atom. The number of nitrogens with one attached hydrogen (secondary N) is 7. The van der Waals surface area contributed by atoms with Crippen molar-refractivity contribution < 1.29 is 38.4 Å². The summed E-state index contributed by atoms with van der Waals surface area (Å²) >= 11 is 0. The molecule has 1 saturated heterocycles. The number of carbonyl (C=O) groups excluding carboxylic acids is 8. The van der Waals surface area contributed by atoms with E-state index in [1.165, 1.54) is 4.90 Å². The smallest absolute Gasteiger partial charge is 0.246 e. The molecule has 9 atom stereocenters. The van der Waals surface area contributed by atoms with E-state index in [1.807, 2.05) is 55.6 Å². The molecule has 5 rings (SSSR count). The van der Waals surface area contributed by atoms with Gasteiger partial charge >= 0.3 is 0 Å². The summed E-state index contributed by atoms with van der Waals surface area (Å²) in [5.74, 6) is -8.03. The summed E-state index contributed by atoms with van der Waals surface area (Å²) in [6.45, 7) is 7.07. The Hall–Kier alpha value is -6.74. The van der Waals surface area contributed by atoms with Crippen LogP contribution in [0.15, 0.2) is 66.3 Å². The van der Waals surface area contributed by atoms with Gasteiger partial charge in [-0.3, -0.25) is 43.4 Å². The van der Waals surface area contributed by atoms with E-state index in [0.29, 0.717) is 18.5 Å². The first-order chi connectivity index (χ1) is 30.4. The van der Waals surface area contributed by atoms with Crippen LogP contribution < -0.4 is 55.2 Å². The molecule has 2 aromatic rings. The highest BCUT2D eigenvalue weighted by Gasteiger charge is 2.46. The van der Waals surface area contributed by atoms with Gasteiger partial charge in [0.2, 0.25) is 47.3 Å². The number of hydrogen-bond donors (Lipinski definition) is 11. The number of likely N-dealkylation sites (tertiary alicyclic amines) is 1. The molecule has 15 N–H and O–H groups in total. The monoisotopic (exact) mass is 887 g/mol. The van der Waals surface area contributed by atoms with E-state index in [0.717, 1.165) is 28.6 Å². The lowest BCUT2D eigenvalue weighted by Gasteiger charge is -2.33. The summed E-state index contributed by atoms with van der Waals surface area (Å²) in [6.07, 6.45) is 9.99. The Labute approximate surface area is 370 Å². The molecule has 3 aliphatic rings. The maximum atomic E-state index is 14.9. The van der Waals surface area contributed by atoms with E-state index >= 15 is 0 Å². The van der Waals surface area contributed by atoms with Crippen molar-refractivity contribution in [3.05, 3.63) is 71.8 Å². The number of aromatic amines is 1. The first kappa shape index (κ1) is 48.3. The van der Waals surface area contributed by atoms with Crippen LogP contribution in [-0.2, 0) is 44.8 Å². The van der Waals surface area contributed by atoms with E-state index in [9.17, 15) is 38.4 Å². The number of para-hydroxylation sites is 1. The summed E-state index contributed by atoms with van der Waals surface area (Å²) < 4.78 is 0. The van der Waals surface area contributed by atoms with E-state index in [2.05, 4.69) is 37.2 Å². The van der Waals surface area contributed by atoms with Crippen molar-refractivity contribution in [3.63, 3.8) is 0 Å². The van der Waals surface area contributed by atoms with Gasteiger partial charge in [0.15, 0.2) is 0 Å². The largest absolute Gasteiger partial charge is 0.370 e. The number of amides is 8. The van der Waals surface area contributed by atoms with Gasteiger partial charge in [-0.2, -0.15) is 0 Å². The second-order valence-electron chi connectivity index (χ2n) is 16.7. The lowest BCUT2D eigenvalue weighted by molar-refractivity contribution is -0.143. The molecule has 3 heterocycles. The van der Waals surface area contributed by atoms with Crippen molar-refractivity contribution in [2.24, 2.45) is 40.7 Å². The fourth-order valence-corrected chi connectivity index (χ4v) is 7.85. The lowest BCUT2D eigenvalue weighted by Crippen LogP contribution is -2.61. The number of allylic oxidation sites excluding steroid dienone is 3. The Bertz CT molecular complexity index is 2200. The number of carbonyl (C=O) groups is 8. The molecule has 346 valence electrons. The van der Waals surface area contributed by atoms with Gasteiger partial charge in [0.1, 0.15) is 30.2 Å². The molecule has 1 unspecified atom stereocenters. The van der Waals surface area contributed by atoms with Crippen LogP contribution in [0.3, 0.4) is 0 Å². The summed E-state index contributed by atoms with van der Waals surface area (Å²) in [5, 5.41) is 12.9. The van der Waals surface area contributed by atoms with E-state index < -0.39 is 108 Å². The number of hydrogen-bond acceptors (Lipinski definition) is 12. The lowest BCUT2D eigenvalue weighted by atomic mass is 9.96. The average Bonchev–Trinajstić information content (AvgIpc) is 4.10. The van der Waals surface area contributed by atoms with Crippen molar-refractivity contribution in [2.75, 3.05) is 6.54 Å². The fraction of sp³-hybridized carbons (Fsp3) is 0.488. The highest BCUT2D eigenvalue weighted by molar-refractivity contribution is 5.99. The molecule has 0 saturated carbocycles. The van der Waals surface area contributed by atoms with Gasteiger partial charge in [0.25, 0.3) is 0 Å². The number of aromatic nitrogens is 1. The van der Waals surface area contributed by atoms with Crippen LogP contribution in [0.2, 0.25) is 0 Å². The van der Waals surface area contributed by atoms with Crippen LogP contribution in [0, 0.1) is 17.8 Å². The normalized spacial score (nSPS) is 20.1. The summed E-state index contributed by atoms with van der Waals surface area (Å²) in [4.78, 5) is 111. The van der Waals surface area contributed by atoms with Gasteiger partial charge in [-0.15, -0.1) is 5.53 Å². The molecule has 1 aliphatic carbocycles. The number of nitrogens with two attached hydrogens (primary N) is 4. The second kappa shape index (κ2) is 21.6. The molecule has 1 aromatic heterocycles. The molecule has 1 fully saturated rings. The Balaban J connectivity index is 1.40. The molecule has 21 heteroatoms. The zero-order chi connectivity index (χ0) is 46.8. The number of primary amides is 3. The van der Waals surface area contributed by atoms with Gasteiger partial charge in [-0.05, 0) is 42.4 Å². The molecule has 0 spiro atoms. The van der Waals surface area contributed by atoms with Gasteiger partial charge in [-0.1, -0.05) is 70.9 Å². The van der Waals surface area contributed by atoms with Gasteiger partial charge in [0.05, 0.1) is 30.3 Å². The van der Waals surface area contributed by atoms with Crippen LogP contribution in [0.4, 0.5) is 0 Å². The number of benzene rings is 1. The zero-order valence-corrected chi connectivity index (χ0v) is 36.5. The molecule has 0 radical (unpaired) electrons. The number of hydrazine groups is 2. The SMILES string of the molecule is CC[C@H](C)[C@H](N)C(=O)N[C@@H](CC(N)=O)C(=O)N[C@@H](CC(N)=O)C(=O)N[C@H](C(=O)N1CC(C2=CN(C3=CCC=C3)NN2)C[C@H]1C(=O)N[C@@H](Cc1c[nH]c2ccccc12)C(N)=O)[C@@H](C)CC. The summed E-state index contributed by atoms with van der Waals surface area (Å²) in [7, 11) is 0. The molecule has 64 heavy (non-hydrogen) atoms. The zero-order valence-electron chi connectivity index (χ0n) is 36.5. The number of nitrogens with zero attached hydrogens (tertiary/aromatic N) is 2. The van der Waals surface area contributed by atoms with Crippen molar-refractivity contribution in [1.29, 1.82) is 0 Å². The Kier molecular flexibility index (Phi) is 16.3. The van der Waals surface area contributed by atoms with E-state index in [1.54, 1.807) is 32.0 Å². The van der Waals surface area contributed by atoms with Gasteiger partial charge < -0.3 is 59.5 Å². The molecule has 21 nitrogen and oxygen atoms in total. The molecule has 1 aromatic carbocycles. The predicted octanol–water partition coefficient (Wildman–Crippen LogP) is -1.47. The average molecular weight is 888 g/mol. The Morgan fingerprint density at radius 3 is 2.08 bits per heavy atom. The third-order valence-electron chi connectivity index (χ3n) is 12.1. The van der Waals surface area contributed by atoms with Crippen LogP contribution in [0.5, 0.6) is 0 Å². The topological polar surface area (TPSA) is 335 Å². The summed E-state index contributed by atoms with van der Waals surface area (Å²) in [6, 6.07) is -0.400. The van der Waals surface area contributed by atoms with Crippen LogP contribution in [0.25, 0.3) is 10.9 Å². The van der Waals surface area contributed by atoms with Crippen molar-refractivity contribution in [1.82, 2.24) is 47.1 Å². The first-order valence-corrected chi connectivity index (χ1v) is 21.5. The molecule has 0 bridgehead atoms. The van der Waals surface area contributed by atoms with Crippen LogP contribution in [-0.4, -0.2) is 105 Å². The van der Waals surface area contributed by atoms with Crippen molar-refractivity contribution >= 4 is 58.2 Å². The minimum Gasteiger partial charge on any atom is -0.370 e. The number of fused-ring (bicyclic) bond motifs is 1. The second-order valence-corrected chi connectivity index (χ2v) is 16.7. The Morgan fingerprint density at radius 2 is 1.47 bits per heavy atom. The minimum atomic E-state index is -1.67. The van der Waals surface area contributed by atoms with Crippen LogP contribution in [0.1, 0.15) is 71.8 Å². The molecule has 8 amide bonds. The van der Waals surface area contributed by atoms with Crippen molar-refractivity contribution in [3.8, 4) is 0 Å². The quantitative estimate of drug-likeness (QED) is 0.0646.